The van der Waals surface area contributed by atoms with E-state index < -0.39 is 35.6 Å². The molecule has 1 aromatic carbocycles. The van der Waals surface area contributed by atoms with Crippen LogP contribution < -0.4 is 5.73 Å². The van der Waals surface area contributed by atoms with Crippen LogP contribution in [-0.4, -0.2) is 18.7 Å². The highest BCUT2D eigenvalue weighted by molar-refractivity contribution is 5.75. The number of alkyl halides is 1. The number of carbonyl (C=O) groups is 1. The summed E-state index contributed by atoms with van der Waals surface area (Å²) >= 11 is 0. The van der Waals surface area contributed by atoms with Crippen molar-refractivity contribution >= 4 is 5.97 Å². The van der Waals surface area contributed by atoms with E-state index in [0.717, 1.165) is 0 Å². The summed E-state index contributed by atoms with van der Waals surface area (Å²) in [6.45, 7) is 1.41. The number of rotatable bonds is 4. The summed E-state index contributed by atoms with van der Waals surface area (Å²) in [5, 5.41) is 0. The average molecular weight is 265 g/mol. The number of benzene rings is 1. The molecule has 0 saturated carbocycles. The molecule has 1 aromatic rings. The summed E-state index contributed by atoms with van der Waals surface area (Å²) in [6, 6.07) is -0.558. The first-order valence-corrected chi connectivity index (χ1v) is 5.09. The molecule has 100 valence electrons. The van der Waals surface area contributed by atoms with Crippen molar-refractivity contribution in [1.82, 2.24) is 0 Å². The minimum atomic E-state index is -2.28. The first kappa shape index (κ1) is 14.4. The maximum Gasteiger partial charge on any atom is 0.342 e. The predicted octanol–water partition coefficient (Wildman–Crippen LogP) is 2.00. The molecule has 0 aliphatic rings. The Morgan fingerprint density at radius 3 is 2.28 bits per heavy atom. The van der Waals surface area contributed by atoms with Gasteiger partial charge in [0.2, 0.25) is 6.17 Å². The van der Waals surface area contributed by atoms with E-state index in [1.54, 1.807) is 0 Å². The van der Waals surface area contributed by atoms with Crippen LogP contribution in [-0.2, 0) is 9.53 Å². The number of nitrogens with two attached hydrogens (primary N) is 1. The summed E-state index contributed by atoms with van der Waals surface area (Å²) in [4.78, 5) is 11.1. The molecule has 1 rings (SSSR count). The van der Waals surface area contributed by atoms with Gasteiger partial charge in [0.15, 0.2) is 17.5 Å². The van der Waals surface area contributed by atoms with Gasteiger partial charge in [0.1, 0.15) is 0 Å². The van der Waals surface area contributed by atoms with Crippen LogP contribution in [0.5, 0.6) is 0 Å². The first-order chi connectivity index (χ1) is 8.38. The van der Waals surface area contributed by atoms with Crippen molar-refractivity contribution in [1.29, 1.82) is 0 Å². The molecular weight excluding hydrogens is 254 g/mol. The molecule has 1 unspecified atom stereocenters. The molecular formula is C11H11F4NO2. The topological polar surface area (TPSA) is 52.3 Å². The summed E-state index contributed by atoms with van der Waals surface area (Å²) in [5.74, 6) is -5.93. The van der Waals surface area contributed by atoms with Gasteiger partial charge in [-0.2, -0.15) is 0 Å². The standard InChI is InChI=1S/C11H11F4NO2/c1-2-18-11(17)9(15)10(16)5-3-6(12)8(14)7(13)4-5/h3-4,9-10H,2,16H2,1H3/t9?,10-/m1/s1. The molecule has 3 nitrogen and oxygen atoms in total. The Morgan fingerprint density at radius 2 is 1.83 bits per heavy atom. The monoisotopic (exact) mass is 265 g/mol. The van der Waals surface area contributed by atoms with Crippen LogP contribution >= 0.6 is 0 Å². The Bertz CT molecular complexity index is 430. The van der Waals surface area contributed by atoms with Gasteiger partial charge in [-0.15, -0.1) is 0 Å². The maximum absolute atomic E-state index is 13.5. The molecule has 0 radical (unpaired) electrons. The molecule has 2 N–H and O–H groups in total. The Hall–Kier alpha value is -1.63. The lowest BCUT2D eigenvalue weighted by atomic mass is 10.0. The van der Waals surface area contributed by atoms with Gasteiger partial charge >= 0.3 is 5.97 Å². The van der Waals surface area contributed by atoms with Crippen molar-refractivity contribution in [3.63, 3.8) is 0 Å². The third-order valence-corrected chi connectivity index (χ3v) is 2.22. The van der Waals surface area contributed by atoms with Crippen molar-refractivity contribution in [2.45, 2.75) is 19.1 Å². The Balaban J connectivity index is 2.97. The van der Waals surface area contributed by atoms with E-state index in [-0.39, 0.29) is 12.2 Å². The van der Waals surface area contributed by atoms with E-state index >= 15 is 0 Å². The molecule has 0 fully saturated rings. The molecule has 2 atom stereocenters. The summed E-state index contributed by atoms with van der Waals surface area (Å²) in [5.41, 5.74) is 4.96. The smallest absolute Gasteiger partial charge is 0.342 e. The number of ether oxygens (including phenoxy) is 1. The zero-order chi connectivity index (χ0) is 13.9. The fraction of sp³-hybridized carbons (Fsp3) is 0.364. The highest BCUT2D eigenvalue weighted by Crippen LogP contribution is 2.22. The van der Waals surface area contributed by atoms with E-state index in [1.165, 1.54) is 6.92 Å². The molecule has 0 aliphatic carbocycles. The number of esters is 1. The third-order valence-electron chi connectivity index (χ3n) is 2.22. The highest BCUT2D eigenvalue weighted by Gasteiger charge is 2.29. The van der Waals surface area contributed by atoms with Crippen LogP contribution in [0.25, 0.3) is 0 Å². The fourth-order valence-corrected chi connectivity index (χ4v) is 1.31. The van der Waals surface area contributed by atoms with Crippen molar-refractivity contribution in [2.75, 3.05) is 6.61 Å². The van der Waals surface area contributed by atoms with Gasteiger partial charge in [-0.05, 0) is 24.6 Å². The molecule has 0 amide bonds. The quantitative estimate of drug-likeness (QED) is 0.514. The van der Waals surface area contributed by atoms with Gasteiger partial charge in [-0.25, -0.2) is 22.4 Å². The van der Waals surface area contributed by atoms with E-state index in [4.69, 9.17) is 5.73 Å². The Kier molecular flexibility index (Phi) is 4.66. The van der Waals surface area contributed by atoms with Gasteiger partial charge in [-0.1, -0.05) is 0 Å². The fourth-order valence-electron chi connectivity index (χ4n) is 1.31. The minimum absolute atomic E-state index is 0.0574. The summed E-state index contributed by atoms with van der Waals surface area (Å²) in [7, 11) is 0. The molecule has 0 bridgehead atoms. The SMILES string of the molecule is CCOC(=O)C(F)[C@H](N)c1cc(F)c(F)c(F)c1. The average Bonchev–Trinajstić information content (AvgIpc) is 2.33. The van der Waals surface area contributed by atoms with Gasteiger partial charge in [-0.3, -0.25) is 0 Å². The minimum Gasteiger partial charge on any atom is -0.464 e. The molecule has 0 saturated heterocycles. The second kappa shape index (κ2) is 5.81. The molecule has 18 heavy (non-hydrogen) atoms. The van der Waals surface area contributed by atoms with Crippen LogP contribution in [0.4, 0.5) is 17.6 Å². The van der Waals surface area contributed by atoms with Crippen LogP contribution in [0, 0.1) is 17.5 Å². The van der Waals surface area contributed by atoms with Gasteiger partial charge in [0.25, 0.3) is 0 Å². The van der Waals surface area contributed by atoms with Crippen LogP contribution in [0.1, 0.15) is 18.5 Å². The first-order valence-electron chi connectivity index (χ1n) is 5.09. The van der Waals surface area contributed by atoms with Crippen molar-refractivity contribution in [3.05, 3.63) is 35.1 Å². The van der Waals surface area contributed by atoms with Crippen molar-refractivity contribution < 1.29 is 27.1 Å². The number of carbonyl (C=O) groups excluding carboxylic acids is 1. The van der Waals surface area contributed by atoms with E-state index in [0.29, 0.717) is 12.1 Å². The predicted molar refractivity (Wildman–Crippen MR) is 54.8 cm³/mol. The van der Waals surface area contributed by atoms with Crippen LogP contribution in [0.15, 0.2) is 12.1 Å². The second-order valence-electron chi connectivity index (χ2n) is 3.48. The Labute approximate surface area is 101 Å². The highest BCUT2D eigenvalue weighted by atomic mass is 19.2. The maximum atomic E-state index is 13.5. The van der Waals surface area contributed by atoms with Gasteiger partial charge in [0, 0.05) is 0 Å². The third kappa shape index (κ3) is 2.98. The lowest BCUT2D eigenvalue weighted by Gasteiger charge is -2.16. The number of hydrogen-bond acceptors (Lipinski definition) is 3. The normalized spacial score (nSPS) is 14.1. The van der Waals surface area contributed by atoms with Crippen LogP contribution in [0.3, 0.4) is 0 Å². The van der Waals surface area contributed by atoms with Gasteiger partial charge in [0.05, 0.1) is 12.6 Å². The lowest BCUT2D eigenvalue weighted by Crippen LogP contribution is -2.31. The van der Waals surface area contributed by atoms with Crippen molar-refractivity contribution in [3.8, 4) is 0 Å². The van der Waals surface area contributed by atoms with Gasteiger partial charge < -0.3 is 10.5 Å². The zero-order valence-electron chi connectivity index (χ0n) is 9.42. The van der Waals surface area contributed by atoms with E-state index in [2.05, 4.69) is 4.74 Å². The Morgan fingerprint density at radius 1 is 1.33 bits per heavy atom. The molecule has 0 aliphatic heterocycles. The van der Waals surface area contributed by atoms with Crippen molar-refractivity contribution in [2.24, 2.45) is 5.73 Å². The zero-order valence-corrected chi connectivity index (χ0v) is 9.42. The molecule has 7 heteroatoms. The number of halogens is 4. The van der Waals surface area contributed by atoms with E-state index in [9.17, 15) is 22.4 Å². The largest absolute Gasteiger partial charge is 0.464 e. The van der Waals surface area contributed by atoms with E-state index in [1.807, 2.05) is 0 Å². The molecule has 0 heterocycles. The van der Waals surface area contributed by atoms with Crippen LogP contribution in [0.2, 0.25) is 0 Å². The molecule has 0 spiro atoms. The summed E-state index contributed by atoms with van der Waals surface area (Å²) < 4.78 is 56.3. The lowest BCUT2D eigenvalue weighted by molar-refractivity contribution is -0.149. The second-order valence-corrected chi connectivity index (χ2v) is 3.48. The number of hydrogen-bond donors (Lipinski definition) is 1. The summed E-state index contributed by atoms with van der Waals surface area (Å²) in [6.07, 6.45) is -2.28. The molecule has 0 aromatic heterocycles.